The number of aliphatic hydroxyl groups excluding tert-OH is 1. The number of hydrogen-bond donors (Lipinski definition) is 1. The second-order valence-corrected chi connectivity index (χ2v) is 5.62. The molecule has 0 aromatic carbocycles. The lowest BCUT2D eigenvalue weighted by Gasteiger charge is -2.17. The third-order valence-electron chi connectivity index (χ3n) is 1.96. The van der Waals surface area contributed by atoms with Gasteiger partial charge in [-0.15, -0.1) is 0 Å². The molecule has 1 N–H and O–H groups in total. The summed E-state index contributed by atoms with van der Waals surface area (Å²) in [7, 11) is 0. The molecule has 0 radical (unpaired) electrons. The summed E-state index contributed by atoms with van der Waals surface area (Å²) in [5.41, 5.74) is 0. The lowest BCUT2D eigenvalue weighted by atomic mass is 10.3. The molecule has 1 aliphatic rings. The first-order valence-corrected chi connectivity index (χ1v) is 5.08. The quantitative estimate of drug-likeness (QED) is 0.734. The summed E-state index contributed by atoms with van der Waals surface area (Å²) in [6.07, 6.45) is 1.16. The lowest BCUT2D eigenvalue weighted by molar-refractivity contribution is 0.176. The summed E-state index contributed by atoms with van der Waals surface area (Å²) in [6.45, 7) is 2.36. The van der Waals surface area contributed by atoms with Crippen LogP contribution in [0.4, 0.5) is 0 Å². The molecule has 0 spiro atoms. The van der Waals surface area contributed by atoms with E-state index in [4.69, 9.17) is 34.8 Å². The van der Waals surface area contributed by atoms with Crippen molar-refractivity contribution in [3.05, 3.63) is 0 Å². The van der Waals surface area contributed by atoms with Gasteiger partial charge >= 0.3 is 0 Å². The van der Waals surface area contributed by atoms with E-state index in [1.165, 1.54) is 0 Å². The second kappa shape index (κ2) is 4.34. The fourth-order valence-electron chi connectivity index (χ4n) is 1.30. The molecule has 5 heteroatoms. The number of hydrogen-bond acceptors (Lipinski definition) is 2. The van der Waals surface area contributed by atoms with Crippen molar-refractivity contribution in [1.29, 1.82) is 0 Å². The summed E-state index contributed by atoms with van der Waals surface area (Å²) < 4.78 is -1.16. The molecule has 0 aliphatic carbocycles. The van der Waals surface area contributed by atoms with E-state index in [0.717, 1.165) is 19.5 Å². The van der Waals surface area contributed by atoms with Crippen LogP contribution >= 0.6 is 34.8 Å². The monoisotopic (exact) mass is 231 g/mol. The number of likely N-dealkylation sites (tertiary alicyclic amines) is 1. The van der Waals surface area contributed by atoms with E-state index in [1.807, 2.05) is 0 Å². The highest BCUT2D eigenvalue weighted by Crippen LogP contribution is 2.30. The summed E-state index contributed by atoms with van der Waals surface area (Å²) in [4.78, 5) is 2.10. The maximum absolute atomic E-state index is 9.19. The Bertz CT molecular complexity index is 148. The van der Waals surface area contributed by atoms with Crippen molar-refractivity contribution in [2.45, 2.75) is 22.7 Å². The van der Waals surface area contributed by atoms with E-state index in [9.17, 15) is 5.11 Å². The maximum Gasteiger partial charge on any atom is 0.191 e. The number of β-amino-alcohol motifs (C(OH)–C–C–N with tert-alkyl or cyclic N) is 1. The highest BCUT2D eigenvalue weighted by atomic mass is 35.6. The first-order chi connectivity index (χ1) is 5.47. The van der Waals surface area contributed by atoms with Crippen LogP contribution in [0.5, 0.6) is 0 Å². The summed E-state index contributed by atoms with van der Waals surface area (Å²) in [5.74, 6) is 0. The lowest BCUT2D eigenvalue weighted by Crippen LogP contribution is -2.26. The van der Waals surface area contributed by atoms with E-state index in [1.54, 1.807) is 0 Å². The molecule has 2 nitrogen and oxygen atoms in total. The van der Waals surface area contributed by atoms with Crippen LogP contribution in [0.15, 0.2) is 0 Å². The molecule has 0 bridgehead atoms. The maximum atomic E-state index is 9.19. The number of rotatable bonds is 2. The van der Waals surface area contributed by atoms with Crippen LogP contribution in [-0.4, -0.2) is 39.5 Å². The molecule has 0 amide bonds. The Labute approximate surface area is 87.4 Å². The van der Waals surface area contributed by atoms with Crippen LogP contribution < -0.4 is 0 Å². The average Bonchev–Trinajstić information content (AvgIpc) is 2.30. The Kier molecular flexibility index (Phi) is 3.93. The molecule has 12 heavy (non-hydrogen) atoms. The summed E-state index contributed by atoms with van der Waals surface area (Å²) >= 11 is 16.8. The van der Waals surface area contributed by atoms with Gasteiger partial charge in [-0.1, -0.05) is 34.8 Å². The number of halogens is 3. The van der Waals surface area contributed by atoms with E-state index in [-0.39, 0.29) is 6.10 Å². The molecular weight excluding hydrogens is 220 g/mol. The Balaban J connectivity index is 2.16. The molecule has 0 saturated carbocycles. The minimum Gasteiger partial charge on any atom is -0.392 e. The SMILES string of the molecule is O[C@H]1CCN(CCC(Cl)(Cl)Cl)C1. The molecule has 1 saturated heterocycles. The van der Waals surface area contributed by atoms with Crippen molar-refractivity contribution in [3.63, 3.8) is 0 Å². The molecule has 1 atom stereocenters. The highest BCUT2D eigenvalue weighted by molar-refractivity contribution is 6.67. The van der Waals surface area contributed by atoms with E-state index < -0.39 is 3.79 Å². The van der Waals surface area contributed by atoms with Crippen molar-refractivity contribution >= 4 is 34.8 Å². The van der Waals surface area contributed by atoms with Crippen LogP contribution in [0.25, 0.3) is 0 Å². The highest BCUT2D eigenvalue weighted by Gasteiger charge is 2.24. The van der Waals surface area contributed by atoms with Gasteiger partial charge < -0.3 is 10.0 Å². The third kappa shape index (κ3) is 4.15. The van der Waals surface area contributed by atoms with Gasteiger partial charge in [0.25, 0.3) is 0 Å². The van der Waals surface area contributed by atoms with Crippen molar-refractivity contribution in [2.75, 3.05) is 19.6 Å². The van der Waals surface area contributed by atoms with Gasteiger partial charge in [0.1, 0.15) is 0 Å². The van der Waals surface area contributed by atoms with Crippen LogP contribution in [0.1, 0.15) is 12.8 Å². The summed E-state index contributed by atoms with van der Waals surface area (Å²) in [6, 6.07) is 0. The zero-order valence-electron chi connectivity index (χ0n) is 6.64. The van der Waals surface area contributed by atoms with Gasteiger partial charge in [-0.2, -0.15) is 0 Å². The number of nitrogens with zero attached hydrogens (tertiary/aromatic N) is 1. The van der Waals surface area contributed by atoms with Gasteiger partial charge in [0.2, 0.25) is 0 Å². The fourth-order valence-corrected chi connectivity index (χ4v) is 1.55. The van der Waals surface area contributed by atoms with Crippen LogP contribution in [-0.2, 0) is 0 Å². The van der Waals surface area contributed by atoms with E-state index >= 15 is 0 Å². The smallest absolute Gasteiger partial charge is 0.191 e. The van der Waals surface area contributed by atoms with Gasteiger partial charge in [0, 0.05) is 26.1 Å². The summed E-state index contributed by atoms with van der Waals surface area (Å²) in [5, 5.41) is 9.19. The zero-order valence-corrected chi connectivity index (χ0v) is 8.91. The predicted molar refractivity (Wildman–Crippen MR) is 52.0 cm³/mol. The van der Waals surface area contributed by atoms with Crippen LogP contribution in [0, 0.1) is 0 Å². The van der Waals surface area contributed by atoms with Gasteiger partial charge in [0.15, 0.2) is 3.79 Å². The fraction of sp³-hybridized carbons (Fsp3) is 1.00. The molecule has 0 aromatic rings. The standard InChI is InChI=1S/C7H12Cl3NO/c8-7(9,10)2-4-11-3-1-6(12)5-11/h6,12H,1-5H2/t6-/m0/s1. The number of alkyl halides is 3. The van der Waals surface area contributed by atoms with Gasteiger partial charge in [0.05, 0.1) is 6.10 Å². The van der Waals surface area contributed by atoms with Crippen molar-refractivity contribution < 1.29 is 5.11 Å². The Morgan fingerprint density at radius 1 is 1.42 bits per heavy atom. The average molecular weight is 233 g/mol. The number of aliphatic hydroxyl groups is 1. The van der Waals surface area contributed by atoms with Crippen LogP contribution in [0.3, 0.4) is 0 Å². The first-order valence-electron chi connectivity index (χ1n) is 3.94. The van der Waals surface area contributed by atoms with Gasteiger partial charge in [-0.05, 0) is 6.42 Å². The minimum atomic E-state index is -1.16. The molecular formula is C7H12Cl3NO. The van der Waals surface area contributed by atoms with E-state index in [0.29, 0.717) is 13.0 Å². The van der Waals surface area contributed by atoms with Crippen molar-refractivity contribution in [3.8, 4) is 0 Å². The van der Waals surface area contributed by atoms with Crippen LogP contribution in [0.2, 0.25) is 0 Å². The second-order valence-electron chi connectivity index (χ2n) is 3.11. The minimum absolute atomic E-state index is 0.194. The Hall–Kier alpha value is 0.790. The largest absolute Gasteiger partial charge is 0.392 e. The van der Waals surface area contributed by atoms with E-state index in [2.05, 4.69) is 4.90 Å². The molecule has 1 rings (SSSR count). The molecule has 1 heterocycles. The topological polar surface area (TPSA) is 23.5 Å². The molecule has 0 unspecified atom stereocenters. The van der Waals surface area contributed by atoms with Gasteiger partial charge in [-0.3, -0.25) is 0 Å². The molecule has 1 aliphatic heterocycles. The third-order valence-corrected chi connectivity index (χ3v) is 2.53. The van der Waals surface area contributed by atoms with Crippen molar-refractivity contribution in [1.82, 2.24) is 4.90 Å². The molecule has 0 aromatic heterocycles. The first kappa shape index (κ1) is 10.9. The molecule has 72 valence electrons. The molecule has 1 fully saturated rings. The van der Waals surface area contributed by atoms with Crippen molar-refractivity contribution in [2.24, 2.45) is 0 Å². The Morgan fingerprint density at radius 3 is 2.50 bits per heavy atom. The zero-order chi connectivity index (χ0) is 9.19. The normalized spacial score (nSPS) is 26.5. The Morgan fingerprint density at radius 2 is 2.08 bits per heavy atom. The van der Waals surface area contributed by atoms with Gasteiger partial charge in [-0.25, -0.2) is 0 Å². The predicted octanol–water partition coefficient (Wildman–Crippen LogP) is 1.81.